The molecule has 5 rings (SSSR count). The van der Waals surface area contributed by atoms with Gasteiger partial charge in [-0.3, -0.25) is 10.2 Å². The quantitative estimate of drug-likeness (QED) is 0.158. The first-order chi connectivity index (χ1) is 20.4. The summed E-state index contributed by atoms with van der Waals surface area (Å²) in [4.78, 5) is 19.2. The number of benzene rings is 4. The molecular formula is C34H34BrN3O4. The molecule has 42 heavy (non-hydrogen) atoms. The van der Waals surface area contributed by atoms with Gasteiger partial charge in [0, 0.05) is 43.6 Å². The maximum Gasteiger partial charge on any atom is 0.266 e. The Morgan fingerprint density at radius 2 is 1.57 bits per heavy atom. The Labute approximate surface area is 254 Å². The Hall–Kier alpha value is -3.98. The van der Waals surface area contributed by atoms with E-state index in [-0.39, 0.29) is 12.5 Å². The summed E-state index contributed by atoms with van der Waals surface area (Å²) in [5.41, 5.74) is 6.38. The number of hydrogen-bond acceptors (Lipinski definition) is 6. The summed E-state index contributed by atoms with van der Waals surface area (Å²) in [6, 6.07) is 33.6. The fourth-order valence-electron chi connectivity index (χ4n) is 5.00. The third kappa shape index (κ3) is 6.57. The highest BCUT2D eigenvalue weighted by Crippen LogP contribution is 2.43. The summed E-state index contributed by atoms with van der Waals surface area (Å²) in [6.07, 6.45) is 0.177. The molecular weight excluding hydrogens is 594 g/mol. The zero-order valence-corrected chi connectivity index (χ0v) is 25.3. The van der Waals surface area contributed by atoms with Gasteiger partial charge in [-0.15, -0.1) is 0 Å². The van der Waals surface area contributed by atoms with E-state index < -0.39 is 11.6 Å². The van der Waals surface area contributed by atoms with Crippen LogP contribution in [0.1, 0.15) is 29.2 Å². The minimum Gasteiger partial charge on any atom is -0.494 e. The van der Waals surface area contributed by atoms with E-state index in [0.717, 1.165) is 32.3 Å². The Balaban J connectivity index is 1.57. The predicted molar refractivity (Wildman–Crippen MR) is 168 cm³/mol. The molecule has 8 heteroatoms. The molecule has 4 aromatic rings. The predicted octanol–water partition coefficient (Wildman–Crippen LogP) is 5.97. The average Bonchev–Trinajstić information content (AvgIpc) is 3.39. The number of rotatable bonds is 11. The monoisotopic (exact) mass is 627 g/mol. The number of hydrogen-bond donors (Lipinski definition) is 2. The van der Waals surface area contributed by atoms with Gasteiger partial charge in [0.05, 0.1) is 6.61 Å². The molecule has 0 saturated heterocycles. The van der Waals surface area contributed by atoms with Crippen molar-refractivity contribution in [1.82, 2.24) is 10.4 Å². The van der Waals surface area contributed by atoms with Crippen molar-refractivity contribution in [3.05, 3.63) is 124 Å². The SMILES string of the molecule is CN(C)NC(=O)[C@@]1(Cc2ccccc2Br)N=C(c2ccc(OCCCO)cc2)O[C@H]1c1ccc(-c2ccccc2)cc1. The number of ether oxygens (including phenoxy) is 2. The average molecular weight is 629 g/mol. The zero-order chi connectivity index (χ0) is 29.5. The fourth-order valence-corrected chi connectivity index (χ4v) is 5.42. The van der Waals surface area contributed by atoms with Crippen LogP contribution in [0.5, 0.6) is 5.75 Å². The van der Waals surface area contributed by atoms with Crippen LogP contribution >= 0.6 is 15.9 Å². The van der Waals surface area contributed by atoms with E-state index in [9.17, 15) is 4.79 Å². The molecule has 1 amide bonds. The Morgan fingerprint density at radius 3 is 2.24 bits per heavy atom. The molecule has 2 atom stereocenters. The number of nitrogens with zero attached hydrogens (tertiary/aromatic N) is 2. The first kappa shape index (κ1) is 29.5. The van der Waals surface area contributed by atoms with Gasteiger partial charge >= 0.3 is 0 Å². The number of aliphatic hydroxyl groups excluding tert-OH is 1. The first-order valence-corrected chi connectivity index (χ1v) is 14.7. The van der Waals surface area contributed by atoms with Crippen molar-refractivity contribution in [2.45, 2.75) is 24.5 Å². The standard InChI is InChI=1S/C34H34BrN3O4/c1-38(2)37-33(40)34(23-28-11-6-7-12-30(28)35)31(26-15-13-25(14-16-26)24-9-4-3-5-10-24)42-32(36-34)27-17-19-29(20-18-27)41-22-8-21-39/h3-7,9-20,31,39H,8,21-23H2,1-2H3,(H,37,40)/t31-,34-/m0/s1. The topological polar surface area (TPSA) is 83.4 Å². The number of aliphatic imine (C=N–C) groups is 1. The molecule has 7 nitrogen and oxygen atoms in total. The van der Waals surface area contributed by atoms with Crippen molar-refractivity contribution >= 4 is 27.7 Å². The van der Waals surface area contributed by atoms with Gasteiger partial charge in [-0.1, -0.05) is 88.7 Å². The third-order valence-electron chi connectivity index (χ3n) is 7.09. The summed E-state index contributed by atoms with van der Waals surface area (Å²) in [5, 5.41) is 10.7. The summed E-state index contributed by atoms with van der Waals surface area (Å²) < 4.78 is 13.2. The van der Waals surface area contributed by atoms with Gasteiger partial charge in [-0.25, -0.2) is 10.0 Å². The van der Waals surface area contributed by atoms with Gasteiger partial charge in [0.1, 0.15) is 5.75 Å². The van der Waals surface area contributed by atoms with E-state index in [1.165, 1.54) is 0 Å². The van der Waals surface area contributed by atoms with E-state index in [1.54, 1.807) is 19.1 Å². The second-order valence-corrected chi connectivity index (χ2v) is 11.2. The van der Waals surface area contributed by atoms with Crippen LogP contribution in [0.2, 0.25) is 0 Å². The van der Waals surface area contributed by atoms with Crippen molar-refractivity contribution < 1.29 is 19.4 Å². The van der Waals surface area contributed by atoms with Crippen molar-refractivity contribution in [2.24, 2.45) is 4.99 Å². The molecule has 216 valence electrons. The van der Waals surface area contributed by atoms with Gasteiger partial charge in [0.25, 0.3) is 5.91 Å². The molecule has 1 aliphatic heterocycles. The van der Waals surface area contributed by atoms with Crippen molar-refractivity contribution in [3.63, 3.8) is 0 Å². The third-order valence-corrected chi connectivity index (χ3v) is 7.87. The molecule has 0 radical (unpaired) electrons. The van der Waals surface area contributed by atoms with E-state index in [0.29, 0.717) is 31.1 Å². The number of amides is 1. The Kier molecular flexibility index (Phi) is 9.37. The van der Waals surface area contributed by atoms with Crippen LogP contribution < -0.4 is 10.2 Å². The van der Waals surface area contributed by atoms with Gasteiger partial charge in [0.15, 0.2) is 11.6 Å². The summed E-state index contributed by atoms with van der Waals surface area (Å²) >= 11 is 3.67. The molecule has 4 aromatic carbocycles. The van der Waals surface area contributed by atoms with Crippen LogP contribution in [0.3, 0.4) is 0 Å². The first-order valence-electron chi connectivity index (χ1n) is 13.9. The van der Waals surface area contributed by atoms with Crippen LogP contribution in [0.25, 0.3) is 11.1 Å². The second-order valence-electron chi connectivity index (χ2n) is 10.4. The van der Waals surface area contributed by atoms with Crippen LogP contribution in [-0.2, 0) is 16.0 Å². The molecule has 2 N–H and O–H groups in total. The molecule has 0 bridgehead atoms. The summed E-state index contributed by atoms with van der Waals surface area (Å²) in [5.74, 6) is 0.804. The summed E-state index contributed by atoms with van der Waals surface area (Å²) in [6.45, 7) is 0.499. The number of nitrogens with one attached hydrogen (secondary N) is 1. The highest BCUT2D eigenvalue weighted by atomic mass is 79.9. The van der Waals surface area contributed by atoms with E-state index in [1.807, 2.05) is 78.9 Å². The number of halogens is 1. The zero-order valence-electron chi connectivity index (χ0n) is 23.7. The molecule has 0 aliphatic carbocycles. The minimum absolute atomic E-state index is 0.0745. The van der Waals surface area contributed by atoms with Gasteiger partial charge in [-0.2, -0.15) is 0 Å². The van der Waals surface area contributed by atoms with E-state index in [4.69, 9.17) is 19.6 Å². The molecule has 0 aromatic heterocycles. The van der Waals surface area contributed by atoms with Gasteiger partial charge < -0.3 is 14.6 Å². The van der Waals surface area contributed by atoms with E-state index in [2.05, 4.69) is 45.6 Å². The largest absolute Gasteiger partial charge is 0.494 e. The molecule has 0 unspecified atom stereocenters. The smallest absolute Gasteiger partial charge is 0.266 e. The highest BCUT2D eigenvalue weighted by Gasteiger charge is 2.53. The number of carbonyl (C=O) groups excluding carboxylic acids is 1. The lowest BCUT2D eigenvalue weighted by Crippen LogP contribution is -2.53. The Morgan fingerprint density at radius 1 is 0.929 bits per heavy atom. The van der Waals surface area contributed by atoms with Crippen molar-refractivity contribution in [2.75, 3.05) is 27.3 Å². The molecule has 0 fully saturated rings. The number of aliphatic hydroxyl groups is 1. The lowest BCUT2D eigenvalue weighted by atomic mass is 9.82. The Bertz CT molecular complexity index is 1520. The van der Waals surface area contributed by atoms with Crippen LogP contribution in [0.4, 0.5) is 0 Å². The fraction of sp³-hybridized carbons (Fsp3) is 0.235. The number of carbonyl (C=O) groups is 1. The molecule has 1 heterocycles. The highest BCUT2D eigenvalue weighted by molar-refractivity contribution is 9.10. The molecule has 0 saturated carbocycles. The lowest BCUT2D eigenvalue weighted by Gasteiger charge is -2.32. The normalized spacial score (nSPS) is 17.9. The van der Waals surface area contributed by atoms with Gasteiger partial charge in [0.2, 0.25) is 5.90 Å². The van der Waals surface area contributed by atoms with Crippen molar-refractivity contribution in [1.29, 1.82) is 0 Å². The van der Waals surface area contributed by atoms with Crippen LogP contribution in [-0.4, -0.2) is 54.8 Å². The lowest BCUT2D eigenvalue weighted by molar-refractivity contribution is -0.132. The second kappa shape index (κ2) is 13.3. The molecule has 1 aliphatic rings. The molecule has 0 spiro atoms. The van der Waals surface area contributed by atoms with E-state index >= 15 is 0 Å². The summed E-state index contributed by atoms with van der Waals surface area (Å²) in [7, 11) is 3.56. The van der Waals surface area contributed by atoms with Crippen molar-refractivity contribution in [3.8, 4) is 16.9 Å². The maximum absolute atomic E-state index is 14.1. The maximum atomic E-state index is 14.1. The van der Waals surface area contributed by atoms with Gasteiger partial charge in [-0.05, 0) is 52.6 Å². The number of hydrazine groups is 1. The van der Waals surface area contributed by atoms with Crippen LogP contribution in [0.15, 0.2) is 113 Å². The minimum atomic E-state index is -1.30. The van der Waals surface area contributed by atoms with Crippen LogP contribution in [0, 0.1) is 0 Å².